The van der Waals surface area contributed by atoms with Crippen LogP contribution in [-0.2, 0) is 13.0 Å². The highest BCUT2D eigenvalue weighted by Gasteiger charge is 2.06. The molecule has 4 nitrogen and oxygen atoms in total. The zero-order valence-corrected chi connectivity index (χ0v) is 11.1. The number of nitrogens with one attached hydrogen (secondary N) is 2. The van der Waals surface area contributed by atoms with E-state index in [1.165, 1.54) is 4.88 Å². The van der Waals surface area contributed by atoms with Crippen LogP contribution in [0.2, 0.25) is 0 Å². The van der Waals surface area contributed by atoms with E-state index in [9.17, 15) is 4.39 Å². The highest BCUT2D eigenvalue weighted by Crippen LogP contribution is 2.19. The summed E-state index contributed by atoms with van der Waals surface area (Å²) in [7, 11) is 1.70. The first-order chi connectivity index (χ1) is 8.72. The molecule has 0 amide bonds. The second-order valence-corrected chi connectivity index (χ2v) is 4.97. The molecule has 2 N–H and O–H groups in total. The fourth-order valence-corrected chi connectivity index (χ4v) is 2.39. The predicted octanol–water partition coefficient (Wildman–Crippen LogP) is 2.89. The fourth-order valence-electron chi connectivity index (χ4n) is 1.49. The summed E-state index contributed by atoms with van der Waals surface area (Å²) in [5.74, 6) is 0.182. The summed E-state index contributed by atoms with van der Waals surface area (Å²) in [5.41, 5.74) is 0. The number of hydrogen-bond acceptors (Lipinski definition) is 5. The van der Waals surface area contributed by atoms with E-state index in [4.69, 9.17) is 0 Å². The van der Waals surface area contributed by atoms with Crippen molar-refractivity contribution in [1.82, 2.24) is 9.97 Å². The van der Waals surface area contributed by atoms with Crippen molar-refractivity contribution in [3.8, 4) is 0 Å². The van der Waals surface area contributed by atoms with Crippen molar-refractivity contribution in [2.24, 2.45) is 0 Å². The summed E-state index contributed by atoms with van der Waals surface area (Å²) in [6.07, 6.45) is 2.18. The summed E-state index contributed by atoms with van der Waals surface area (Å²) in [5, 5.41) is 5.77. The quantitative estimate of drug-likeness (QED) is 0.873. The average Bonchev–Trinajstić information content (AvgIpc) is 2.86. The number of thiophene rings is 1. The predicted molar refractivity (Wildman–Crippen MR) is 72.6 cm³/mol. The van der Waals surface area contributed by atoms with Crippen molar-refractivity contribution in [3.05, 3.63) is 33.9 Å². The lowest BCUT2D eigenvalue weighted by molar-refractivity contribution is 0.617. The maximum absolute atomic E-state index is 13.5. The van der Waals surface area contributed by atoms with Crippen molar-refractivity contribution in [1.29, 1.82) is 0 Å². The van der Waals surface area contributed by atoms with Crippen LogP contribution in [0.4, 0.5) is 16.2 Å². The van der Waals surface area contributed by atoms with Gasteiger partial charge < -0.3 is 10.6 Å². The first-order valence-electron chi connectivity index (χ1n) is 5.74. The van der Waals surface area contributed by atoms with Crippen LogP contribution in [0, 0.1) is 5.82 Å². The van der Waals surface area contributed by atoms with Gasteiger partial charge in [0.2, 0.25) is 5.95 Å². The Labute approximate surface area is 109 Å². The third kappa shape index (κ3) is 2.95. The van der Waals surface area contributed by atoms with Gasteiger partial charge in [-0.1, -0.05) is 6.92 Å². The van der Waals surface area contributed by atoms with Crippen molar-refractivity contribution in [2.75, 3.05) is 17.7 Å². The normalized spacial score (nSPS) is 10.4. The van der Waals surface area contributed by atoms with E-state index in [1.807, 2.05) is 0 Å². The molecule has 0 fully saturated rings. The van der Waals surface area contributed by atoms with Crippen LogP contribution >= 0.6 is 11.3 Å². The largest absolute Gasteiger partial charge is 0.363 e. The second-order valence-electron chi connectivity index (χ2n) is 3.72. The van der Waals surface area contributed by atoms with E-state index >= 15 is 0 Å². The molecule has 0 unspecified atom stereocenters. The van der Waals surface area contributed by atoms with Gasteiger partial charge in [-0.25, -0.2) is 9.37 Å². The smallest absolute Gasteiger partial charge is 0.224 e. The first-order valence-corrected chi connectivity index (χ1v) is 6.56. The third-order valence-corrected chi connectivity index (χ3v) is 3.69. The van der Waals surface area contributed by atoms with Gasteiger partial charge in [-0.2, -0.15) is 4.98 Å². The van der Waals surface area contributed by atoms with Gasteiger partial charge in [-0.3, -0.25) is 0 Å². The molecule has 0 aliphatic heterocycles. The second kappa shape index (κ2) is 5.77. The molecular weight excluding hydrogens is 251 g/mol. The molecule has 0 saturated heterocycles. The van der Waals surface area contributed by atoms with Crippen LogP contribution in [-0.4, -0.2) is 17.0 Å². The van der Waals surface area contributed by atoms with E-state index in [1.54, 1.807) is 18.4 Å². The Morgan fingerprint density at radius 3 is 2.78 bits per heavy atom. The molecular formula is C12H15FN4S. The standard InChI is InChI=1S/C12H15FN4S/c1-3-8-4-5-9(18-8)6-15-11-10(13)7-16-12(14-2)17-11/h4-5,7H,3,6H2,1-2H3,(H2,14,15,16,17). The van der Waals surface area contributed by atoms with E-state index in [-0.39, 0.29) is 5.82 Å². The number of aromatic nitrogens is 2. The number of aryl methyl sites for hydroxylation is 1. The monoisotopic (exact) mass is 266 g/mol. The lowest BCUT2D eigenvalue weighted by Crippen LogP contribution is -2.06. The molecule has 0 aromatic carbocycles. The van der Waals surface area contributed by atoms with Gasteiger partial charge in [-0.15, -0.1) is 11.3 Å². The molecule has 2 heterocycles. The molecule has 0 aliphatic carbocycles. The molecule has 0 spiro atoms. The molecule has 2 aromatic heterocycles. The average molecular weight is 266 g/mol. The summed E-state index contributed by atoms with van der Waals surface area (Å²) >= 11 is 1.72. The highest BCUT2D eigenvalue weighted by molar-refractivity contribution is 7.12. The molecule has 2 rings (SSSR count). The summed E-state index contributed by atoms with van der Waals surface area (Å²) in [4.78, 5) is 10.3. The summed E-state index contributed by atoms with van der Waals surface area (Å²) in [6, 6.07) is 4.14. The van der Waals surface area contributed by atoms with E-state index in [2.05, 4.69) is 39.7 Å². The Balaban J connectivity index is 2.05. The topological polar surface area (TPSA) is 49.8 Å². The molecule has 0 bridgehead atoms. The van der Waals surface area contributed by atoms with Crippen molar-refractivity contribution in [2.45, 2.75) is 19.9 Å². The number of rotatable bonds is 5. The Morgan fingerprint density at radius 1 is 1.33 bits per heavy atom. The lowest BCUT2D eigenvalue weighted by Gasteiger charge is -2.06. The number of hydrogen-bond donors (Lipinski definition) is 2. The van der Waals surface area contributed by atoms with Crippen LogP contribution in [0.3, 0.4) is 0 Å². The van der Waals surface area contributed by atoms with Gasteiger partial charge in [0.15, 0.2) is 11.6 Å². The maximum atomic E-state index is 13.5. The lowest BCUT2D eigenvalue weighted by atomic mass is 10.3. The Morgan fingerprint density at radius 2 is 2.11 bits per heavy atom. The van der Waals surface area contributed by atoms with Gasteiger partial charge in [0, 0.05) is 16.8 Å². The van der Waals surface area contributed by atoms with Gasteiger partial charge in [0.25, 0.3) is 0 Å². The molecule has 96 valence electrons. The number of nitrogens with zero attached hydrogens (tertiary/aromatic N) is 2. The minimum atomic E-state index is -0.443. The molecule has 0 radical (unpaired) electrons. The summed E-state index contributed by atoms with van der Waals surface area (Å²) < 4.78 is 13.5. The van der Waals surface area contributed by atoms with E-state index < -0.39 is 5.82 Å². The number of anilines is 2. The molecule has 0 saturated carbocycles. The van der Waals surface area contributed by atoms with Gasteiger partial charge in [0.05, 0.1) is 12.7 Å². The zero-order valence-electron chi connectivity index (χ0n) is 10.3. The Bertz CT molecular complexity index is 527. The van der Waals surface area contributed by atoms with Gasteiger partial charge >= 0.3 is 0 Å². The van der Waals surface area contributed by atoms with Crippen LogP contribution in [0.1, 0.15) is 16.7 Å². The Hall–Kier alpha value is -1.69. The fraction of sp³-hybridized carbons (Fsp3) is 0.333. The van der Waals surface area contributed by atoms with Gasteiger partial charge in [0.1, 0.15) is 0 Å². The van der Waals surface area contributed by atoms with Crippen molar-refractivity contribution >= 4 is 23.1 Å². The summed E-state index contributed by atoms with van der Waals surface area (Å²) in [6.45, 7) is 2.69. The first kappa shape index (κ1) is 12.8. The van der Waals surface area contributed by atoms with Crippen LogP contribution in [0.5, 0.6) is 0 Å². The minimum absolute atomic E-state index is 0.223. The van der Waals surface area contributed by atoms with E-state index in [0.717, 1.165) is 17.5 Å². The van der Waals surface area contributed by atoms with Gasteiger partial charge in [-0.05, 0) is 18.6 Å². The number of halogens is 1. The molecule has 2 aromatic rings. The van der Waals surface area contributed by atoms with Crippen molar-refractivity contribution in [3.63, 3.8) is 0 Å². The molecule has 18 heavy (non-hydrogen) atoms. The SMILES string of the molecule is CCc1ccc(CNc2nc(NC)ncc2F)s1. The molecule has 0 aliphatic rings. The minimum Gasteiger partial charge on any atom is -0.363 e. The highest BCUT2D eigenvalue weighted by atomic mass is 32.1. The van der Waals surface area contributed by atoms with Crippen LogP contribution < -0.4 is 10.6 Å². The zero-order chi connectivity index (χ0) is 13.0. The molecule has 6 heteroatoms. The van der Waals surface area contributed by atoms with Crippen molar-refractivity contribution < 1.29 is 4.39 Å². The van der Waals surface area contributed by atoms with Crippen LogP contribution in [0.25, 0.3) is 0 Å². The third-order valence-electron chi connectivity index (χ3n) is 2.46. The molecule has 0 atom stereocenters. The van der Waals surface area contributed by atoms with E-state index in [0.29, 0.717) is 12.5 Å². The Kier molecular flexibility index (Phi) is 4.09. The maximum Gasteiger partial charge on any atom is 0.224 e. The van der Waals surface area contributed by atoms with Crippen LogP contribution in [0.15, 0.2) is 18.3 Å².